The van der Waals surface area contributed by atoms with E-state index >= 15 is 0 Å². The van der Waals surface area contributed by atoms with Crippen LogP contribution >= 0.6 is 0 Å². The summed E-state index contributed by atoms with van der Waals surface area (Å²) in [6.45, 7) is 1.64. The summed E-state index contributed by atoms with van der Waals surface area (Å²) in [4.78, 5) is 34.6. The number of fused-ring (bicyclic) bond motifs is 1. The Bertz CT molecular complexity index is 849. The number of hydrogen-bond donors (Lipinski definition) is 1. The average molecular weight is 340 g/mol. The van der Waals surface area contributed by atoms with Crippen molar-refractivity contribution in [2.24, 2.45) is 0 Å². The van der Waals surface area contributed by atoms with Gasteiger partial charge in [0.2, 0.25) is 5.91 Å². The summed E-state index contributed by atoms with van der Waals surface area (Å²) in [5.41, 5.74) is 1.94. The van der Waals surface area contributed by atoms with Gasteiger partial charge in [0.05, 0.1) is 17.3 Å². The smallest absolute Gasteiger partial charge is 0.307 e. The van der Waals surface area contributed by atoms with Crippen LogP contribution in [-0.2, 0) is 14.3 Å². The quantitative estimate of drug-likeness (QED) is 0.511. The van der Waals surface area contributed by atoms with Gasteiger partial charge in [0.15, 0.2) is 0 Å². The van der Waals surface area contributed by atoms with Gasteiger partial charge in [-0.25, -0.2) is 0 Å². The molecule has 128 valence electrons. The van der Waals surface area contributed by atoms with Crippen LogP contribution in [0.5, 0.6) is 0 Å². The SMILES string of the molecule is C[C@H](OC(=O)C[C@@H]1C(=O)Nc2ccccc21)c1cccc([N+](=O)[O-])c1. The second kappa shape index (κ2) is 6.72. The number of nitrogens with one attached hydrogen (secondary N) is 1. The lowest BCUT2D eigenvalue weighted by Gasteiger charge is -2.15. The van der Waals surface area contributed by atoms with E-state index in [-0.39, 0.29) is 18.0 Å². The molecule has 2 atom stereocenters. The van der Waals surface area contributed by atoms with Crippen molar-refractivity contribution >= 4 is 23.3 Å². The second-order valence-electron chi connectivity index (χ2n) is 5.82. The lowest BCUT2D eigenvalue weighted by atomic mass is 9.97. The monoisotopic (exact) mass is 340 g/mol. The molecule has 0 saturated carbocycles. The molecule has 2 aromatic carbocycles. The molecule has 7 nitrogen and oxygen atoms in total. The third-order valence-corrected chi connectivity index (χ3v) is 4.14. The van der Waals surface area contributed by atoms with E-state index in [9.17, 15) is 19.7 Å². The molecule has 0 radical (unpaired) electrons. The van der Waals surface area contributed by atoms with Crippen LogP contribution in [0.25, 0.3) is 0 Å². The van der Waals surface area contributed by atoms with Crippen LogP contribution in [0.1, 0.15) is 36.5 Å². The molecular formula is C18H16N2O5. The fourth-order valence-electron chi connectivity index (χ4n) is 2.85. The lowest BCUT2D eigenvalue weighted by Crippen LogP contribution is -2.18. The van der Waals surface area contributed by atoms with Gasteiger partial charge in [0.25, 0.3) is 5.69 Å². The molecule has 0 fully saturated rings. The summed E-state index contributed by atoms with van der Waals surface area (Å²) in [6.07, 6.45) is -0.727. The maximum absolute atomic E-state index is 12.2. The Balaban J connectivity index is 1.68. The number of esters is 1. The Labute approximate surface area is 143 Å². The molecule has 1 heterocycles. The van der Waals surface area contributed by atoms with Crippen molar-refractivity contribution < 1.29 is 19.2 Å². The van der Waals surface area contributed by atoms with Crippen molar-refractivity contribution in [1.29, 1.82) is 0 Å². The number of nitro groups is 1. The van der Waals surface area contributed by atoms with Crippen LogP contribution in [0.3, 0.4) is 0 Å². The van der Waals surface area contributed by atoms with E-state index < -0.39 is 22.9 Å². The molecule has 25 heavy (non-hydrogen) atoms. The summed E-state index contributed by atoms with van der Waals surface area (Å²) in [5, 5.41) is 13.6. The Morgan fingerprint density at radius 3 is 2.80 bits per heavy atom. The highest BCUT2D eigenvalue weighted by atomic mass is 16.6. The normalized spacial score (nSPS) is 16.7. The van der Waals surface area contributed by atoms with Gasteiger partial charge in [0.1, 0.15) is 6.10 Å². The molecule has 1 amide bonds. The summed E-state index contributed by atoms with van der Waals surface area (Å²) in [6, 6.07) is 13.1. The third-order valence-electron chi connectivity index (χ3n) is 4.14. The number of amides is 1. The van der Waals surface area contributed by atoms with Crippen molar-refractivity contribution in [2.45, 2.75) is 25.4 Å². The highest BCUT2D eigenvalue weighted by Crippen LogP contribution is 2.35. The molecule has 0 aliphatic carbocycles. The van der Waals surface area contributed by atoms with Crippen molar-refractivity contribution in [3.8, 4) is 0 Å². The lowest BCUT2D eigenvalue weighted by molar-refractivity contribution is -0.385. The van der Waals surface area contributed by atoms with Gasteiger partial charge < -0.3 is 10.1 Å². The molecule has 0 saturated heterocycles. The number of hydrogen-bond acceptors (Lipinski definition) is 5. The summed E-state index contributed by atoms with van der Waals surface area (Å²) in [5.74, 6) is -1.35. The first-order chi connectivity index (χ1) is 12.0. The van der Waals surface area contributed by atoms with Crippen LogP contribution in [-0.4, -0.2) is 16.8 Å². The van der Waals surface area contributed by atoms with E-state index in [0.717, 1.165) is 5.56 Å². The van der Waals surface area contributed by atoms with Crippen molar-refractivity contribution in [1.82, 2.24) is 0 Å². The number of para-hydroxylation sites is 1. The average Bonchev–Trinajstić information content (AvgIpc) is 2.90. The number of rotatable bonds is 5. The Kier molecular flexibility index (Phi) is 4.47. The second-order valence-corrected chi connectivity index (χ2v) is 5.82. The third kappa shape index (κ3) is 3.50. The molecule has 0 unspecified atom stereocenters. The van der Waals surface area contributed by atoms with E-state index in [1.165, 1.54) is 12.1 Å². The van der Waals surface area contributed by atoms with Gasteiger partial charge in [-0.15, -0.1) is 0 Å². The molecule has 1 N–H and O–H groups in total. The number of carbonyl (C=O) groups excluding carboxylic acids is 2. The highest BCUT2D eigenvalue weighted by Gasteiger charge is 2.32. The first-order valence-electron chi connectivity index (χ1n) is 7.79. The van der Waals surface area contributed by atoms with Gasteiger partial charge in [0, 0.05) is 17.8 Å². The molecule has 3 rings (SSSR count). The van der Waals surface area contributed by atoms with Crippen LogP contribution in [0.4, 0.5) is 11.4 Å². The maximum Gasteiger partial charge on any atom is 0.307 e. The van der Waals surface area contributed by atoms with Crippen molar-refractivity contribution in [2.75, 3.05) is 5.32 Å². The van der Waals surface area contributed by atoms with Crippen molar-refractivity contribution in [3.63, 3.8) is 0 Å². The van der Waals surface area contributed by atoms with Gasteiger partial charge in [-0.05, 0) is 24.1 Å². The number of ether oxygens (including phenoxy) is 1. The predicted molar refractivity (Wildman–Crippen MR) is 90.0 cm³/mol. The van der Waals surface area contributed by atoms with Gasteiger partial charge in [-0.1, -0.05) is 30.3 Å². The first kappa shape index (κ1) is 16.6. The Morgan fingerprint density at radius 2 is 2.04 bits per heavy atom. The van der Waals surface area contributed by atoms with E-state index in [1.807, 2.05) is 12.1 Å². The van der Waals surface area contributed by atoms with Crippen LogP contribution < -0.4 is 5.32 Å². The standard InChI is InChI=1S/C18H16N2O5/c1-11(12-5-4-6-13(9-12)20(23)24)25-17(21)10-15-14-7-2-3-8-16(14)19-18(15)22/h2-9,11,15H,10H2,1H3,(H,19,22)/t11-,15-/m0/s1. The Morgan fingerprint density at radius 1 is 1.28 bits per heavy atom. The number of benzene rings is 2. The molecule has 1 aliphatic rings. The molecular weight excluding hydrogens is 324 g/mol. The minimum absolute atomic E-state index is 0.0653. The van der Waals surface area contributed by atoms with Gasteiger partial charge >= 0.3 is 5.97 Å². The van der Waals surface area contributed by atoms with Crippen LogP contribution in [0.15, 0.2) is 48.5 Å². The fraction of sp³-hybridized carbons (Fsp3) is 0.222. The Hall–Kier alpha value is -3.22. The number of nitro benzene ring substituents is 1. The molecule has 1 aliphatic heterocycles. The molecule has 0 bridgehead atoms. The zero-order valence-electron chi connectivity index (χ0n) is 13.5. The van der Waals surface area contributed by atoms with Crippen molar-refractivity contribution in [3.05, 3.63) is 69.8 Å². The number of non-ortho nitro benzene ring substituents is 1. The number of nitrogens with zero attached hydrogens (tertiary/aromatic N) is 1. The fourth-order valence-corrected chi connectivity index (χ4v) is 2.85. The van der Waals surface area contributed by atoms with Crippen LogP contribution in [0.2, 0.25) is 0 Å². The zero-order valence-corrected chi connectivity index (χ0v) is 13.5. The highest BCUT2D eigenvalue weighted by molar-refractivity contribution is 6.04. The summed E-state index contributed by atoms with van der Waals surface area (Å²) < 4.78 is 5.35. The van der Waals surface area contributed by atoms with E-state index in [4.69, 9.17) is 4.74 Å². The van der Waals surface area contributed by atoms with Gasteiger partial charge in [-0.3, -0.25) is 19.7 Å². The minimum atomic E-state index is -0.646. The molecule has 0 aromatic heterocycles. The topological polar surface area (TPSA) is 98.5 Å². The maximum atomic E-state index is 12.2. The summed E-state index contributed by atoms with van der Waals surface area (Å²) in [7, 11) is 0. The largest absolute Gasteiger partial charge is 0.458 e. The number of anilines is 1. The molecule has 2 aromatic rings. The molecule has 7 heteroatoms. The first-order valence-corrected chi connectivity index (χ1v) is 7.79. The van der Waals surface area contributed by atoms with E-state index in [0.29, 0.717) is 11.3 Å². The number of carbonyl (C=O) groups is 2. The predicted octanol–water partition coefficient (Wildman–Crippen LogP) is 3.33. The van der Waals surface area contributed by atoms with Crippen LogP contribution in [0, 0.1) is 10.1 Å². The minimum Gasteiger partial charge on any atom is -0.458 e. The zero-order chi connectivity index (χ0) is 18.0. The van der Waals surface area contributed by atoms with E-state index in [2.05, 4.69) is 5.32 Å². The van der Waals surface area contributed by atoms with E-state index in [1.54, 1.807) is 31.2 Å². The van der Waals surface area contributed by atoms with Gasteiger partial charge in [-0.2, -0.15) is 0 Å². The summed E-state index contributed by atoms with van der Waals surface area (Å²) >= 11 is 0. The molecule has 0 spiro atoms.